The summed E-state index contributed by atoms with van der Waals surface area (Å²) in [5, 5.41) is 15.9. The molecular formula is C26H26N6O2S2. The van der Waals surface area contributed by atoms with Crippen molar-refractivity contribution in [2.45, 2.75) is 44.3 Å². The van der Waals surface area contributed by atoms with E-state index in [-0.39, 0.29) is 17.6 Å². The molecule has 36 heavy (non-hydrogen) atoms. The minimum Gasteiger partial charge on any atom is -0.322 e. The second-order valence-corrected chi connectivity index (χ2v) is 10.4. The van der Waals surface area contributed by atoms with Gasteiger partial charge in [-0.1, -0.05) is 30.0 Å². The second-order valence-electron chi connectivity index (χ2n) is 8.36. The number of hydrogen-bond donors (Lipinski definition) is 2. The first-order valence-electron chi connectivity index (χ1n) is 11.9. The number of aryl methyl sites for hydroxylation is 1. The third kappa shape index (κ3) is 5.19. The molecule has 0 radical (unpaired) electrons. The highest BCUT2D eigenvalue weighted by Gasteiger charge is 2.26. The molecule has 1 aliphatic carbocycles. The van der Waals surface area contributed by atoms with E-state index in [2.05, 4.69) is 25.8 Å². The van der Waals surface area contributed by atoms with Gasteiger partial charge in [0.25, 0.3) is 5.91 Å². The van der Waals surface area contributed by atoms with E-state index in [1.165, 1.54) is 28.0 Å². The first-order valence-corrected chi connectivity index (χ1v) is 13.7. The average Bonchev–Trinajstić information content (AvgIpc) is 3.49. The van der Waals surface area contributed by atoms with E-state index in [4.69, 9.17) is 0 Å². The maximum absolute atomic E-state index is 13.3. The maximum atomic E-state index is 13.3. The van der Waals surface area contributed by atoms with Crippen LogP contribution in [0.1, 0.15) is 40.6 Å². The molecular weight excluding hydrogens is 492 g/mol. The Balaban J connectivity index is 1.31. The summed E-state index contributed by atoms with van der Waals surface area (Å²) in [5.74, 6) is 0.546. The number of nitrogens with one attached hydrogen (secondary N) is 2. The van der Waals surface area contributed by atoms with E-state index in [0.717, 1.165) is 48.3 Å². The van der Waals surface area contributed by atoms with Crippen LogP contribution in [0.3, 0.4) is 0 Å². The molecule has 0 saturated heterocycles. The van der Waals surface area contributed by atoms with Crippen LogP contribution in [0.5, 0.6) is 0 Å². The molecule has 4 aromatic rings. The summed E-state index contributed by atoms with van der Waals surface area (Å²) < 4.78 is 1.98. The molecule has 0 atom stereocenters. The highest BCUT2D eigenvalue weighted by atomic mass is 32.2. The molecule has 1 aromatic carbocycles. The molecule has 0 saturated carbocycles. The zero-order valence-corrected chi connectivity index (χ0v) is 21.5. The highest BCUT2D eigenvalue weighted by Crippen LogP contribution is 2.38. The molecule has 8 nitrogen and oxygen atoms in total. The summed E-state index contributed by atoms with van der Waals surface area (Å²) in [6.07, 6.45) is 7.37. The normalized spacial score (nSPS) is 12.7. The fourth-order valence-corrected chi connectivity index (χ4v) is 6.40. The van der Waals surface area contributed by atoms with Gasteiger partial charge in [0.1, 0.15) is 5.00 Å². The Hall–Kier alpha value is -3.50. The number of carbonyl (C=O) groups excluding carboxylic acids is 2. The Labute approximate surface area is 217 Å². The highest BCUT2D eigenvalue weighted by molar-refractivity contribution is 7.99. The molecule has 184 valence electrons. The Morgan fingerprint density at radius 1 is 1.03 bits per heavy atom. The summed E-state index contributed by atoms with van der Waals surface area (Å²) in [4.78, 5) is 31.5. The van der Waals surface area contributed by atoms with Crippen LogP contribution in [-0.4, -0.2) is 37.3 Å². The third-order valence-electron chi connectivity index (χ3n) is 5.99. The lowest BCUT2D eigenvalue weighted by Crippen LogP contribution is -2.19. The summed E-state index contributed by atoms with van der Waals surface area (Å²) in [7, 11) is 0. The van der Waals surface area contributed by atoms with Crippen molar-refractivity contribution in [1.82, 2.24) is 19.7 Å². The lowest BCUT2D eigenvalue weighted by Gasteiger charge is -2.13. The number of carbonyl (C=O) groups is 2. The van der Waals surface area contributed by atoms with Crippen molar-refractivity contribution in [2.24, 2.45) is 0 Å². The average molecular weight is 519 g/mol. The number of benzene rings is 1. The number of rotatable bonds is 8. The first kappa shape index (κ1) is 24.2. The summed E-state index contributed by atoms with van der Waals surface area (Å²) in [6, 6.07) is 13.2. The summed E-state index contributed by atoms with van der Waals surface area (Å²) >= 11 is 2.85. The van der Waals surface area contributed by atoms with E-state index in [1.54, 1.807) is 12.4 Å². The van der Waals surface area contributed by atoms with Crippen LogP contribution in [0, 0.1) is 0 Å². The van der Waals surface area contributed by atoms with E-state index in [1.807, 2.05) is 54.0 Å². The van der Waals surface area contributed by atoms with E-state index in [9.17, 15) is 9.59 Å². The predicted octanol–water partition coefficient (Wildman–Crippen LogP) is 5.28. The van der Waals surface area contributed by atoms with Crippen molar-refractivity contribution in [3.63, 3.8) is 0 Å². The van der Waals surface area contributed by atoms with Gasteiger partial charge < -0.3 is 15.2 Å². The van der Waals surface area contributed by atoms with Crippen LogP contribution < -0.4 is 10.6 Å². The van der Waals surface area contributed by atoms with E-state index >= 15 is 0 Å². The number of thioether (sulfide) groups is 1. The number of thiophene rings is 1. The topological polar surface area (TPSA) is 102 Å². The number of hydrogen-bond acceptors (Lipinski definition) is 7. The molecule has 5 rings (SSSR count). The zero-order chi connectivity index (χ0) is 24.9. The van der Waals surface area contributed by atoms with Crippen molar-refractivity contribution >= 4 is 45.6 Å². The minimum atomic E-state index is -0.184. The molecule has 3 aromatic heterocycles. The minimum absolute atomic E-state index is 0.163. The van der Waals surface area contributed by atoms with Crippen LogP contribution in [0.25, 0.3) is 11.4 Å². The number of nitrogens with zero attached hydrogens (tertiary/aromatic N) is 4. The lowest BCUT2D eigenvalue weighted by molar-refractivity contribution is -0.113. The molecule has 1 aliphatic rings. The molecule has 0 bridgehead atoms. The van der Waals surface area contributed by atoms with Crippen molar-refractivity contribution in [1.29, 1.82) is 0 Å². The molecule has 3 heterocycles. The number of aromatic nitrogens is 4. The maximum Gasteiger partial charge on any atom is 0.258 e. The van der Waals surface area contributed by atoms with Gasteiger partial charge in [0, 0.05) is 35.1 Å². The van der Waals surface area contributed by atoms with Crippen molar-refractivity contribution in [3.8, 4) is 11.4 Å². The first-order chi connectivity index (χ1) is 17.6. The molecule has 2 amide bonds. The standard InChI is InChI=1S/C26H26N6O2S2/c1-2-32-23(17-12-14-27-15-13-17)30-31-26(32)35-16-21(33)29-25-22(19-10-6-7-11-20(19)36-25)24(34)28-18-8-4-3-5-9-18/h3-5,8-9,12-15H,2,6-7,10-11,16H2,1H3,(H,28,34)(H,29,33). The largest absolute Gasteiger partial charge is 0.322 e. The molecule has 0 aliphatic heterocycles. The van der Waals surface area contributed by atoms with Gasteiger partial charge in [-0.05, 0) is 62.4 Å². The Kier molecular flexibility index (Phi) is 7.43. The number of para-hydroxylation sites is 1. The van der Waals surface area contributed by atoms with Gasteiger partial charge in [-0.25, -0.2) is 0 Å². The summed E-state index contributed by atoms with van der Waals surface area (Å²) in [5.41, 5.74) is 3.31. The predicted molar refractivity (Wildman–Crippen MR) is 144 cm³/mol. The zero-order valence-electron chi connectivity index (χ0n) is 19.9. The molecule has 10 heteroatoms. The number of anilines is 2. The van der Waals surface area contributed by atoms with Crippen molar-refractivity contribution in [2.75, 3.05) is 16.4 Å². The SMILES string of the molecule is CCn1c(SCC(=O)Nc2sc3c(c2C(=O)Nc2ccccc2)CCCC3)nnc1-c1ccncc1. The fourth-order valence-electron chi connectivity index (χ4n) is 4.30. The van der Waals surface area contributed by atoms with Gasteiger partial charge in [0.2, 0.25) is 5.91 Å². The fraction of sp³-hybridized carbons (Fsp3) is 0.269. The molecule has 2 N–H and O–H groups in total. The van der Waals surface area contributed by atoms with Crippen molar-refractivity contribution in [3.05, 3.63) is 70.9 Å². The Bertz CT molecular complexity index is 1370. The number of fused-ring (bicyclic) bond motifs is 1. The molecule has 0 fully saturated rings. The second kappa shape index (κ2) is 11.0. The van der Waals surface area contributed by atoms with Gasteiger partial charge in [-0.3, -0.25) is 14.6 Å². The Morgan fingerprint density at radius 3 is 2.58 bits per heavy atom. The van der Waals surface area contributed by atoms with Crippen molar-refractivity contribution < 1.29 is 9.59 Å². The molecule has 0 unspecified atom stereocenters. The van der Waals surface area contributed by atoms with Crippen LogP contribution >= 0.6 is 23.1 Å². The number of amides is 2. The van der Waals surface area contributed by atoms with Gasteiger partial charge in [0.15, 0.2) is 11.0 Å². The van der Waals surface area contributed by atoms with Gasteiger partial charge in [-0.2, -0.15) is 0 Å². The van der Waals surface area contributed by atoms with Gasteiger partial charge in [-0.15, -0.1) is 21.5 Å². The van der Waals surface area contributed by atoms with Gasteiger partial charge >= 0.3 is 0 Å². The third-order valence-corrected chi connectivity index (χ3v) is 8.16. The van der Waals surface area contributed by atoms with E-state index < -0.39 is 0 Å². The van der Waals surface area contributed by atoms with Crippen LogP contribution in [0.4, 0.5) is 10.7 Å². The smallest absolute Gasteiger partial charge is 0.258 e. The molecule has 0 spiro atoms. The number of pyridine rings is 1. The van der Waals surface area contributed by atoms with Gasteiger partial charge in [0.05, 0.1) is 11.3 Å². The summed E-state index contributed by atoms with van der Waals surface area (Å²) in [6.45, 7) is 2.70. The Morgan fingerprint density at radius 2 is 1.81 bits per heavy atom. The van der Waals surface area contributed by atoms with Crippen LogP contribution in [0.15, 0.2) is 60.0 Å². The lowest BCUT2D eigenvalue weighted by atomic mass is 9.95. The van der Waals surface area contributed by atoms with E-state index in [0.29, 0.717) is 22.3 Å². The monoisotopic (exact) mass is 518 g/mol. The van der Waals surface area contributed by atoms with Crippen LogP contribution in [0.2, 0.25) is 0 Å². The van der Waals surface area contributed by atoms with Crippen LogP contribution in [-0.2, 0) is 24.2 Å². The quantitative estimate of drug-likeness (QED) is 0.308.